The summed E-state index contributed by atoms with van der Waals surface area (Å²) >= 11 is 0. The van der Waals surface area contributed by atoms with E-state index in [1.165, 1.54) is 0 Å². The second-order valence-corrected chi connectivity index (χ2v) is 6.31. The SMILES string of the molecule is CN1CN=C2C1=CN(Cc1cc(C(O)(C(F)(F)F)C(F)(F)F)no1)CN2C. The van der Waals surface area contributed by atoms with E-state index in [0.29, 0.717) is 12.7 Å². The van der Waals surface area contributed by atoms with Crippen LogP contribution in [-0.4, -0.2) is 70.6 Å². The average Bonchev–Trinajstić information content (AvgIpc) is 3.12. The van der Waals surface area contributed by atoms with Gasteiger partial charge in [-0.3, -0.25) is 0 Å². The van der Waals surface area contributed by atoms with Gasteiger partial charge >= 0.3 is 18.0 Å². The summed E-state index contributed by atoms with van der Waals surface area (Å²) in [7, 11) is 3.54. The molecule has 2 aliphatic rings. The highest BCUT2D eigenvalue weighted by molar-refractivity contribution is 5.99. The number of aliphatic imine (C=N–C) groups is 1. The number of amidine groups is 1. The Kier molecular flexibility index (Phi) is 4.32. The van der Waals surface area contributed by atoms with Crippen molar-refractivity contribution in [2.24, 2.45) is 4.99 Å². The number of hydrogen-bond donors (Lipinski definition) is 1. The summed E-state index contributed by atoms with van der Waals surface area (Å²) in [6, 6.07) is 0.460. The second kappa shape index (κ2) is 6.04. The van der Waals surface area contributed by atoms with E-state index in [4.69, 9.17) is 0 Å². The molecular weight excluding hydrogens is 384 g/mol. The van der Waals surface area contributed by atoms with Gasteiger partial charge in [0.15, 0.2) is 11.6 Å². The van der Waals surface area contributed by atoms with Crippen molar-refractivity contribution in [3.05, 3.63) is 29.4 Å². The van der Waals surface area contributed by atoms with Gasteiger partial charge in [0.05, 0.1) is 18.9 Å². The third-order valence-electron chi connectivity index (χ3n) is 4.24. The van der Waals surface area contributed by atoms with Gasteiger partial charge in [0.1, 0.15) is 12.4 Å². The van der Waals surface area contributed by atoms with Gasteiger partial charge in [-0.2, -0.15) is 26.3 Å². The van der Waals surface area contributed by atoms with Crippen LogP contribution >= 0.6 is 0 Å². The Morgan fingerprint density at radius 3 is 2.33 bits per heavy atom. The van der Waals surface area contributed by atoms with Crippen LogP contribution in [0.1, 0.15) is 11.5 Å². The van der Waals surface area contributed by atoms with E-state index in [9.17, 15) is 31.4 Å². The summed E-state index contributed by atoms with van der Waals surface area (Å²) in [6.07, 6.45) is -10.3. The Bertz CT molecular complexity index is 770. The van der Waals surface area contributed by atoms with Crippen molar-refractivity contribution < 1.29 is 36.0 Å². The van der Waals surface area contributed by atoms with E-state index in [-0.39, 0.29) is 19.0 Å². The Labute approximate surface area is 149 Å². The van der Waals surface area contributed by atoms with Gasteiger partial charge in [-0.05, 0) is 0 Å². The van der Waals surface area contributed by atoms with Crippen LogP contribution in [0.2, 0.25) is 0 Å². The first-order chi connectivity index (χ1) is 12.3. The van der Waals surface area contributed by atoms with E-state index >= 15 is 0 Å². The van der Waals surface area contributed by atoms with Crippen LogP contribution in [0, 0.1) is 0 Å². The minimum Gasteiger partial charge on any atom is -0.368 e. The first-order valence-electron chi connectivity index (χ1n) is 7.59. The number of alkyl halides is 6. The molecule has 0 saturated carbocycles. The number of hydrogen-bond acceptors (Lipinski definition) is 7. The summed E-state index contributed by atoms with van der Waals surface area (Å²) in [6.45, 7) is 0.582. The average molecular weight is 399 g/mol. The maximum Gasteiger partial charge on any atom is 0.432 e. The molecule has 0 fully saturated rings. The van der Waals surface area contributed by atoms with E-state index in [2.05, 4.69) is 14.7 Å². The highest BCUT2D eigenvalue weighted by atomic mass is 19.4. The molecular formula is C14H15F6N5O2. The molecule has 3 heterocycles. The van der Waals surface area contributed by atoms with Crippen LogP contribution in [0.5, 0.6) is 0 Å². The zero-order chi connectivity index (χ0) is 20.2. The molecule has 0 aliphatic carbocycles. The van der Waals surface area contributed by atoms with E-state index in [0.717, 1.165) is 11.5 Å². The third-order valence-corrected chi connectivity index (χ3v) is 4.24. The van der Waals surface area contributed by atoms with Crippen LogP contribution in [0.3, 0.4) is 0 Å². The second-order valence-electron chi connectivity index (χ2n) is 6.31. The number of aliphatic hydroxyl groups is 1. The lowest BCUT2D eigenvalue weighted by atomic mass is 9.98. The molecule has 1 aromatic rings. The Hall–Kier alpha value is -2.44. The van der Waals surface area contributed by atoms with E-state index in [1.54, 1.807) is 30.1 Å². The van der Waals surface area contributed by atoms with Crippen molar-refractivity contribution in [2.45, 2.75) is 24.5 Å². The fourth-order valence-electron chi connectivity index (χ4n) is 2.83. The Balaban J connectivity index is 1.86. The summed E-state index contributed by atoms with van der Waals surface area (Å²) in [4.78, 5) is 9.52. The lowest BCUT2D eigenvalue weighted by Crippen LogP contribution is -2.54. The van der Waals surface area contributed by atoms with Gasteiger partial charge in [-0.15, -0.1) is 0 Å². The number of rotatable bonds is 3. The van der Waals surface area contributed by atoms with Crippen molar-refractivity contribution >= 4 is 5.84 Å². The quantitative estimate of drug-likeness (QED) is 0.783. The smallest absolute Gasteiger partial charge is 0.368 e. The molecule has 13 heteroatoms. The zero-order valence-corrected chi connectivity index (χ0v) is 14.1. The minimum atomic E-state index is -6.01. The van der Waals surface area contributed by atoms with Crippen molar-refractivity contribution in [3.63, 3.8) is 0 Å². The maximum absolute atomic E-state index is 12.9. The molecule has 7 nitrogen and oxygen atoms in total. The zero-order valence-electron chi connectivity index (χ0n) is 14.1. The predicted molar refractivity (Wildman–Crippen MR) is 78.8 cm³/mol. The van der Waals surface area contributed by atoms with E-state index < -0.39 is 23.6 Å². The first-order valence-corrected chi connectivity index (χ1v) is 7.59. The monoisotopic (exact) mass is 399 g/mol. The molecule has 0 spiro atoms. The number of likely N-dealkylation sites (N-methyl/N-ethyl adjacent to an activating group) is 2. The van der Waals surface area contributed by atoms with Gasteiger partial charge in [0, 0.05) is 26.4 Å². The number of halogens is 6. The van der Waals surface area contributed by atoms with Crippen molar-refractivity contribution in [1.29, 1.82) is 0 Å². The predicted octanol–water partition coefficient (Wildman–Crippen LogP) is 1.83. The van der Waals surface area contributed by atoms with Crippen molar-refractivity contribution in [1.82, 2.24) is 19.9 Å². The highest BCUT2D eigenvalue weighted by Gasteiger charge is 2.73. The summed E-state index contributed by atoms with van der Waals surface area (Å²) < 4.78 is 82.0. The Morgan fingerprint density at radius 2 is 1.74 bits per heavy atom. The molecule has 2 aliphatic heterocycles. The molecule has 3 rings (SSSR count). The van der Waals surface area contributed by atoms with Gasteiger partial charge in [0.2, 0.25) is 0 Å². The molecule has 0 bridgehead atoms. The number of aromatic nitrogens is 1. The fourth-order valence-corrected chi connectivity index (χ4v) is 2.83. The molecule has 0 saturated heterocycles. The molecule has 0 atom stereocenters. The highest BCUT2D eigenvalue weighted by Crippen LogP contribution is 2.49. The molecule has 150 valence electrons. The van der Waals surface area contributed by atoms with Crippen LogP contribution in [0.4, 0.5) is 26.3 Å². The molecule has 0 aromatic carbocycles. The van der Waals surface area contributed by atoms with Gasteiger partial charge in [-0.25, -0.2) is 4.99 Å². The fraction of sp³-hybridized carbons (Fsp3) is 0.571. The van der Waals surface area contributed by atoms with Crippen LogP contribution in [0.25, 0.3) is 0 Å². The summed E-state index contributed by atoms with van der Waals surface area (Å²) in [5.74, 6) is 0.471. The van der Waals surface area contributed by atoms with Crippen LogP contribution in [0.15, 0.2) is 27.5 Å². The van der Waals surface area contributed by atoms with Crippen molar-refractivity contribution in [2.75, 3.05) is 27.4 Å². The van der Waals surface area contributed by atoms with Crippen molar-refractivity contribution in [3.8, 4) is 0 Å². The number of nitrogens with zero attached hydrogens (tertiary/aromatic N) is 5. The molecule has 0 unspecified atom stereocenters. The van der Waals surface area contributed by atoms with Crippen LogP contribution in [-0.2, 0) is 12.1 Å². The normalized spacial score (nSPS) is 18.6. The maximum atomic E-state index is 12.9. The van der Waals surface area contributed by atoms with Crippen LogP contribution < -0.4 is 0 Å². The summed E-state index contributed by atoms with van der Waals surface area (Å²) in [5.41, 5.74) is -6.01. The van der Waals surface area contributed by atoms with E-state index in [1.807, 2.05) is 4.90 Å². The molecule has 0 radical (unpaired) electrons. The molecule has 1 N–H and O–H groups in total. The lowest BCUT2D eigenvalue weighted by molar-refractivity contribution is -0.377. The molecule has 1 aromatic heterocycles. The topological polar surface area (TPSA) is 68.3 Å². The third kappa shape index (κ3) is 3.09. The molecule has 27 heavy (non-hydrogen) atoms. The Morgan fingerprint density at radius 1 is 1.11 bits per heavy atom. The van der Waals surface area contributed by atoms with Gasteiger partial charge in [0.25, 0.3) is 0 Å². The standard InChI is InChI=1S/C14H15F6N5O2/c1-23-6-21-11-9(23)5-25(7-24(11)2)4-8-3-10(22-27-8)12(26,13(15,16)17)14(18,19)20/h3,5,26H,4,6-7H2,1-2H3. The minimum absolute atomic E-state index is 0.145. The van der Waals surface area contributed by atoms with Gasteiger partial charge in [-0.1, -0.05) is 5.16 Å². The summed E-state index contributed by atoms with van der Waals surface area (Å²) in [5, 5.41) is 12.2. The molecule has 0 amide bonds. The lowest BCUT2D eigenvalue weighted by Gasteiger charge is -2.34. The largest absolute Gasteiger partial charge is 0.432 e. The number of fused-ring (bicyclic) bond motifs is 1. The first kappa shape index (κ1) is 19.3. The van der Waals surface area contributed by atoms with Gasteiger partial charge < -0.3 is 24.3 Å².